The van der Waals surface area contributed by atoms with Crippen LogP contribution < -0.4 is 0 Å². The average Bonchev–Trinajstić information content (AvgIpc) is 3.01. The third-order valence-corrected chi connectivity index (χ3v) is 5.62. The van der Waals surface area contributed by atoms with Gasteiger partial charge in [0.1, 0.15) is 6.61 Å². The minimum atomic E-state index is -0.191. The van der Waals surface area contributed by atoms with Crippen molar-refractivity contribution < 1.29 is 14.3 Å². The second kappa shape index (κ2) is 6.20. The fourth-order valence-electron chi connectivity index (χ4n) is 4.29. The molecule has 3 fully saturated rings. The van der Waals surface area contributed by atoms with Crippen molar-refractivity contribution in [2.24, 2.45) is 5.92 Å². The van der Waals surface area contributed by atoms with E-state index in [1.807, 2.05) is 0 Å². The standard InChI is InChI=1S/C17H28N2O3/c1-13(2)17-5-4-15(19(17)11-14(3)10-17)12-22-16(20)18-6-8-21-9-7-18/h13,15H,3-12H2,1-2H3. The summed E-state index contributed by atoms with van der Waals surface area (Å²) < 4.78 is 10.9. The molecule has 0 radical (unpaired) electrons. The number of nitrogens with zero attached hydrogens (tertiary/aromatic N) is 2. The van der Waals surface area contributed by atoms with Crippen LogP contribution in [0.2, 0.25) is 0 Å². The molecule has 0 aromatic rings. The summed E-state index contributed by atoms with van der Waals surface area (Å²) >= 11 is 0. The van der Waals surface area contributed by atoms with Crippen molar-refractivity contribution in [3.8, 4) is 0 Å². The summed E-state index contributed by atoms with van der Waals surface area (Å²) in [5.74, 6) is 0.603. The van der Waals surface area contributed by atoms with E-state index in [9.17, 15) is 4.79 Å². The molecule has 0 saturated carbocycles. The Labute approximate surface area is 133 Å². The van der Waals surface area contributed by atoms with Gasteiger partial charge in [-0.3, -0.25) is 4.90 Å². The quantitative estimate of drug-likeness (QED) is 0.750. The fraction of sp³-hybridized carbons (Fsp3) is 0.824. The number of hydrogen-bond donors (Lipinski definition) is 0. The highest BCUT2D eigenvalue weighted by Crippen LogP contribution is 2.48. The highest BCUT2D eigenvalue weighted by atomic mass is 16.6. The van der Waals surface area contributed by atoms with Crippen LogP contribution in [0.15, 0.2) is 12.2 Å². The molecule has 3 heterocycles. The Bertz CT molecular complexity index is 445. The Morgan fingerprint density at radius 1 is 1.45 bits per heavy atom. The number of rotatable bonds is 3. The zero-order valence-electron chi connectivity index (χ0n) is 13.8. The second-order valence-corrected chi connectivity index (χ2v) is 7.18. The lowest BCUT2D eigenvalue weighted by Crippen LogP contribution is -2.48. The van der Waals surface area contributed by atoms with E-state index in [2.05, 4.69) is 25.3 Å². The number of carbonyl (C=O) groups is 1. The molecule has 0 spiro atoms. The minimum absolute atomic E-state index is 0.191. The predicted molar refractivity (Wildman–Crippen MR) is 84.8 cm³/mol. The third kappa shape index (κ3) is 2.76. The molecule has 0 aromatic heterocycles. The van der Waals surface area contributed by atoms with Gasteiger partial charge in [-0.15, -0.1) is 0 Å². The molecule has 3 rings (SSSR count). The van der Waals surface area contributed by atoms with Crippen molar-refractivity contribution in [2.75, 3.05) is 39.5 Å². The molecule has 124 valence electrons. The van der Waals surface area contributed by atoms with Crippen molar-refractivity contribution in [3.63, 3.8) is 0 Å². The predicted octanol–water partition coefficient (Wildman–Crippen LogP) is 2.27. The molecule has 5 heteroatoms. The molecule has 0 bridgehead atoms. The smallest absolute Gasteiger partial charge is 0.409 e. The first-order chi connectivity index (χ1) is 10.5. The highest BCUT2D eigenvalue weighted by Gasteiger charge is 2.52. The maximum absolute atomic E-state index is 12.1. The fourth-order valence-corrected chi connectivity index (χ4v) is 4.29. The zero-order chi connectivity index (χ0) is 15.7. The molecule has 5 nitrogen and oxygen atoms in total. The minimum Gasteiger partial charge on any atom is -0.448 e. The Balaban J connectivity index is 1.57. The van der Waals surface area contributed by atoms with Crippen LogP contribution in [0.25, 0.3) is 0 Å². The lowest BCUT2D eigenvalue weighted by atomic mass is 9.82. The van der Waals surface area contributed by atoms with Gasteiger partial charge in [0, 0.05) is 31.2 Å². The summed E-state index contributed by atoms with van der Waals surface area (Å²) in [6.45, 7) is 12.8. The van der Waals surface area contributed by atoms with Gasteiger partial charge < -0.3 is 14.4 Å². The first kappa shape index (κ1) is 15.8. The van der Waals surface area contributed by atoms with E-state index in [0.717, 1.165) is 19.4 Å². The summed E-state index contributed by atoms with van der Waals surface area (Å²) in [6, 6.07) is 0.339. The number of amides is 1. The van der Waals surface area contributed by atoms with Gasteiger partial charge in [0.25, 0.3) is 0 Å². The zero-order valence-corrected chi connectivity index (χ0v) is 13.8. The number of ether oxygens (including phenoxy) is 2. The van der Waals surface area contributed by atoms with Gasteiger partial charge in [0.05, 0.1) is 13.2 Å². The van der Waals surface area contributed by atoms with Gasteiger partial charge in [-0.25, -0.2) is 4.79 Å². The molecule has 2 unspecified atom stereocenters. The van der Waals surface area contributed by atoms with E-state index in [1.54, 1.807) is 4.90 Å². The van der Waals surface area contributed by atoms with Crippen LogP contribution in [-0.4, -0.2) is 66.9 Å². The van der Waals surface area contributed by atoms with Crippen LogP contribution >= 0.6 is 0 Å². The monoisotopic (exact) mass is 308 g/mol. The van der Waals surface area contributed by atoms with E-state index < -0.39 is 0 Å². The maximum Gasteiger partial charge on any atom is 0.409 e. The Kier molecular flexibility index (Phi) is 4.46. The van der Waals surface area contributed by atoms with Gasteiger partial charge in [-0.1, -0.05) is 26.0 Å². The third-order valence-electron chi connectivity index (χ3n) is 5.62. The summed E-state index contributed by atoms with van der Waals surface area (Å²) in [5.41, 5.74) is 1.56. The van der Waals surface area contributed by atoms with Crippen LogP contribution in [0.1, 0.15) is 33.1 Å². The number of fused-ring (bicyclic) bond motifs is 1. The topological polar surface area (TPSA) is 42.0 Å². The Morgan fingerprint density at radius 3 is 2.86 bits per heavy atom. The van der Waals surface area contributed by atoms with E-state index in [0.29, 0.717) is 44.9 Å². The first-order valence-electron chi connectivity index (χ1n) is 8.46. The van der Waals surface area contributed by atoms with E-state index in [1.165, 1.54) is 12.0 Å². The Morgan fingerprint density at radius 2 is 2.18 bits per heavy atom. The highest BCUT2D eigenvalue weighted by molar-refractivity contribution is 5.67. The van der Waals surface area contributed by atoms with Crippen LogP contribution in [0.5, 0.6) is 0 Å². The van der Waals surface area contributed by atoms with E-state index in [-0.39, 0.29) is 11.6 Å². The SMILES string of the molecule is C=C1CN2C(COC(=O)N3CCOCC3)CCC2(C(C)C)C1. The lowest BCUT2D eigenvalue weighted by molar-refractivity contribution is 0.0145. The molecule has 3 aliphatic rings. The van der Waals surface area contributed by atoms with Crippen molar-refractivity contribution in [2.45, 2.75) is 44.7 Å². The van der Waals surface area contributed by atoms with Crippen LogP contribution in [0.4, 0.5) is 4.79 Å². The van der Waals surface area contributed by atoms with Gasteiger partial charge in [0.2, 0.25) is 0 Å². The summed E-state index contributed by atoms with van der Waals surface area (Å²) in [7, 11) is 0. The summed E-state index contributed by atoms with van der Waals surface area (Å²) in [4.78, 5) is 16.4. The van der Waals surface area contributed by atoms with Crippen LogP contribution in [-0.2, 0) is 9.47 Å². The number of morpholine rings is 1. The van der Waals surface area contributed by atoms with Crippen molar-refractivity contribution >= 4 is 6.09 Å². The number of hydrogen-bond acceptors (Lipinski definition) is 4. The molecular formula is C17H28N2O3. The molecule has 0 aliphatic carbocycles. The number of carbonyl (C=O) groups excluding carboxylic acids is 1. The normalized spacial score (nSPS) is 32.6. The van der Waals surface area contributed by atoms with Crippen molar-refractivity contribution in [1.29, 1.82) is 0 Å². The lowest BCUT2D eigenvalue weighted by Gasteiger charge is -2.38. The largest absolute Gasteiger partial charge is 0.448 e. The molecule has 22 heavy (non-hydrogen) atoms. The summed E-state index contributed by atoms with van der Waals surface area (Å²) in [6.07, 6.45) is 3.20. The molecule has 0 N–H and O–H groups in total. The van der Waals surface area contributed by atoms with E-state index >= 15 is 0 Å². The van der Waals surface area contributed by atoms with Gasteiger partial charge in [-0.2, -0.15) is 0 Å². The Hall–Kier alpha value is -1.07. The van der Waals surface area contributed by atoms with Gasteiger partial charge in [0.15, 0.2) is 0 Å². The molecule has 1 amide bonds. The van der Waals surface area contributed by atoms with Crippen LogP contribution in [0, 0.1) is 5.92 Å². The molecule has 3 aliphatic heterocycles. The molecule has 2 atom stereocenters. The average molecular weight is 308 g/mol. The van der Waals surface area contributed by atoms with E-state index in [4.69, 9.17) is 9.47 Å². The van der Waals surface area contributed by atoms with Crippen molar-refractivity contribution in [3.05, 3.63) is 12.2 Å². The molecule has 3 saturated heterocycles. The van der Waals surface area contributed by atoms with Crippen molar-refractivity contribution in [1.82, 2.24) is 9.80 Å². The molecule has 0 aromatic carbocycles. The first-order valence-corrected chi connectivity index (χ1v) is 8.46. The second-order valence-electron chi connectivity index (χ2n) is 7.18. The van der Waals surface area contributed by atoms with Gasteiger partial charge in [-0.05, 0) is 25.2 Å². The van der Waals surface area contributed by atoms with Crippen LogP contribution in [0.3, 0.4) is 0 Å². The maximum atomic E-state index is 12.1. The molecular weight excluding hydrogens is 280 g/mol. The van der Waals surface area contributed by atoms with Gasteiger partial charge >= 0.3 is 6.09 Å². The summed E-state index contributed by atoms with van der Waals surface area (Å²) in [5, 5.41) is 0.